The lowest BCUT2D eigenvalue weighted by Gasteiger charge is -2.15. The van der Waals surface area contributed by atoms with E-state index in [1.165, 1.54) is 11.5 Å². The fraction of sp³-hybridized carbons (Fsp3) is 0.400. The molecule has 2 rings (SSSR count). The summed E-state index contributed by atoms with van der Waals surface area (Å²) in [4.78, 5) is 4.41. The number of para-hydroxylation sites is 1. The van der Waals surface area contributed by atoms with E-state index in [0.717, 1.165) is 18.1 Å². The van der Waals surface area contributed by atoms with Crippen LogP contribution < -0.4 is 5.32 Å². The molecule has 0 aliphatic heterocycles. The maximum absolute atomic E-state index is 4.41. The number of anilines is 1. The minimum Gasteiger partial charge on any atom is -0.353 e. The van der Waals surface area contributed by atoms with Crippen molar-refractivity contribution >= 4 is 17.7 Å². The number of aromatic nitrogens is 2. The van der Waals surface area contributed by atoms with Gasteiger partial charge in [0.25, 0.3) is 0 Å². The van der Waals surface area contributed by atoms with Gasteiger partial charge in [-0.15, -0.1) is 0 Å². The van der Waals surface area contributed by atoms with Gasteiger partial charge in [-0.25, -0.2) is 4.98 Å². The van der Waals surface area contributed by atoms with Crippen LogP contribution in [-0.4, -0.2) is 27.1 Å². The summed E-state index contributed by atoms with van der Waals surface area (Å²) in [6.07, 6.45) is 4.98. The van der Waals surface area contributed by atoms with Gasteiger partial charge in [0.1, 0.15) is 0 Å². The highest BCUT2D eigenvalue weighted by Gasteiger charge is 2.08. The fourth-order valence-corrected chi connectivity index (χ4v) is 2.71. The van der Waals surface area contributed by atoms with E-state index >= 15 is 0 Å². The Morgan fingerprint density at radius 3 is 2.84 bits per heavy atom. The molecule has 0 amide bonds. The second-order valence-corrected chi connectivity index (χ2v) is 5.88. The molecule has 1 aromatic carbocycles. The number of nitrogens with zero attached hydrogens (tertiary/aromatic N) is 2. The molecule has 0 fully saturated rings. The molecule has 102 valence electrons. The Labute approximate surface area is 119 Å². The van der Waals surface area contributed by atoms with Crippen molar-refractivity contribution in [1.82, 2.24) is 9.55 Å². The van der Waals surface area contributed by atoms with Crippen LogP contribution in [0.4, 0.5) is 5.95 Å². The molecule has 0 spiro atoms. The zero-order chi connectivity index (χ0) is 13.5. The average molecular weight is 275 g/mol. The van der Waals surface area contributed by atoms with Crippen LogP contribution in [0.15, 0.2) is 42.7 Å². The summed E-state index contributed by atoms with van der Waals surface area (Å²) >= 11 is 1.98. The number of benzene rings is 1. The molecule has 0 aliphatic carbocycles. The molecule has 1 atom stereocenters. The number of hydrogen-bond acceptors (Lipinski definition) is 3. The van der Waals surface area contributed by atoms with Crippen LogP contribution in [0.5, 0.6) is 0 Å². The average Bonchev–Trinajstić information content (AvgIpc) is 2.88. The highest BCUT2D eigenvalue weighted by atomic mass is 32.2. The smallest absolute Gasteiger partial charge is 0.207 e. The van der Waals surface area contributed by atoms with E-state index in [1.807, 2.05) is 42.4 Å². The predicted octanol–water partition coefficient (Wildman–Crippen LogP) is 3.82. The van der Waals surface area contributed by atoms with Crippen molar-refractivity contribution in [3.05, 3.63) is 42.7 Å². The molecule has 0 bridgehead atoms. The van der Waals surface area contributed by atoms with Gasteiger partial charge in [0.2, 0.25) is 5.95 Å². The number of thioether (sulfide) groups is 1. The lowest BCUT2D eigenvalue weighted by molar-refractivity contribution is 0.756. The summed E-state index contributed by atoms with van der Waals surface area (Å²) in [5.41, 5.74) is 1.14. The molecule has 4 heteroatoms. The van der Waals surface area contributed by atoms with Crippen molar-refractivity contribution in [3.63, 3.8) is 0 Å². The first kappa shape index (κ1) is 14.0. The van der Waals surface area contributed by atoms with Crippen molar-refractivity contribution in [3.8, 4) is 5.69 Å². The number of hydrogen-bond donors (Lipinski definition) is 1. The first-order valence-corrected chi connectivity index (χ1v) is 7.89. The van der Waals surface area contributed by atoms with Crippen LogP contribution in [0.3, 0.4) is 0 Å². The minimum atomic E-state index is 0.434. The van der Waals surface area contributed by atoms with Gasteiger partial charge in [0.15, 0.2) is 0 Å². The Bertz CT molecular complexity index is 481. The third-order valence-electron chi connectivity index (χ3n) is 2.95. The SMILES string of the molecule is CCSCCC(C)Nc1nccn1-c1ccccc1. The maximum Gasteiger partial charge on any atom is 0.207 e. The van der Waals surface area contributed by atoms with E-state index in [2.05, 4.69) is 40.8 Å². The zero-order valence-electron chi connectivity index (χ0n) is 11.5. The van der Waals surface area contributed by atoms with Crippen LogP contribution in [-0.2, 0) is 0 Å². The summed E-state index contributed by atoms with van der Waals surface area (Å²) < 4.78 is 2.09. The molecule has 1 heterocycles. The second-order valence-electron chi connectivity index (χ2n) is 4.49. The van der Waals surface area contributed by atoms with E-state index in [1.54, 1.807) is 0 Å². The summed E-state index contributed by atoms with van der Waals surface area (Å²) in [7, 11) is 0. The van der Waals surface area contributed by atoms with Crippen LogP contribution in [0, 0.1) is 0 Å². The first-order chi connectivity index (χ1) is 9.31. The van der Waals surface area contributed by atoms with Gasteiger partial charge in [-0.1, -0.05) is 25.1 Å². The molecular formula is C15H21N3S. The van der Waals surface area contributed by atoms with Gasteiger partial charge in [0.05, 0.1) is 0 Å². The van der Waals surface area contributed by atoms with Gasteiger partial charge in [-0.3, -0.25) is 4.57 Å². The van der Waals surface area contributed by atoms with E-state index in [4.69, 9.17) is 0 Å². The largest absolute Gasteiger partial charge is 0.353 e. The summed E-state index contributed by atoms with van der Waals surface area (Å²) in [5, 5.41) is 3.49. The normalized spacial score (nSPS) is 12.3. The third kappa shape index (κ3) is 4.03. The van der Waals surface area contributed by atoms with E-state index in [0.29, 0.717) is 6.04 Å². The Balaban J connectivity index is 2.00. The molecule has 0 aliphatic rings. The maximum atomic E-state index is 4.41. The van der Waals surface area contributed by atoms with Crippen molar-refractivity contribution in [2.75, 3.05) is 16.8 Å². The van der Waals surface area contributed by atoms with Crippen LogP contribution >= 0.6 is 11.8 Å². The molecular weight excluding hydrogens is 254 g/mol. The molecule has 1 aromatic heterocycles. The molecule has 1 unspecified atom stereocenters. The van der Waals surface area contributed by atoms with E-state index in [-0.39, 0.29) is 0 Å². The summed E-state index contributed by atoms with van der Waals surface area (Å²) in [6.45, 7) is 4.41. The number of nitrogens with one attached hydrogen (secondary N) is 1. The predicted molar refractivity (Wildman–Crippen MR) is 84.3 cm³/mol. The Morgan fingerprint density at radius 2 is 2.11 bits per heavy atom. The summed E-state index contributed by atoms with van der Waals surface area (Å²) in [6, 6.07) is 10.7. The highest BCUT2D eigenvalue weighted by molar-refractivity contribution is 7.99. The standard InChI is InChI=1S/C15H21N3S/c1-3-19-12-9-13(2)17-15-16-10-11-18(15)14-7-5-4-6-8-14/h4-8,10-11,13H,3,9,12H2,1-2H3,(H,16,17). The second kappa shape index (κ2) is 7.24. The van der Waals surface area contributed by atoms with Crippen molar-refractivity contribution < 1.29 is 0 Å². The van der Waals surface area contributed by atoms with Crippen LogP contribution in [0.25, 0.3) is 5.69 Å². The molecule has 19 heavy (non-hydrogen) atoms. The van der Waals surface area contributed by atoms with Crippen LogP contribution in [0.2, 0.25) is 0 Å². The molecule has 3 nitrogen and oxygen atoms in total. The minimum absolute atomic E-state index is 0.434. The van der Waals surface area contributed by atoms with E-state index < -0.39 is 0 Å². The lowest BCUT2D eigenvalue weighted by Crippen LogP contribution is -2.18. The van der Waals surface area contributed by atoms with Gasteiger partial charge in [-0.2, -0.15) is 11.8 Å². The summed E-state index contributed by atoms with van der Waals surface area (Å²) in [5.74, 6) is 3.29. The van der Waals surface area contributed by atoms with Gasteiger partial charge in [-0.05, 0) is 37.0 Å². The monoisotopic (exact) mass is 275 g/mol. The van der Waals surface area contributed by atoms with Gasteiger partial charge >= 0.3 is 0 Å². The Hall–Kier alpha value is -1.42. The lowest BCUT2D eigenvalue weighted by atomic mass is 10.3. The Kier molecular flexibility index (Phi) is 5.33. The van der Waals surface area contributed by atoms with E-state index in [9.17, 15) is 0 Å². The molecule has 0 saturated heterocycles. The van der Waals surface area contributed by atoms with Crippen molar-refractivity contribution in [2.45, 2.75) is 26.3 Å². The van der Waals surface area contributed by atoms with Gasteiger partial charge < -0.3 is 5.32 Å². The number of rotatable bonds is 7. The molecule has 0 radical (unpaired) electrons. The molecule has 1 N–H and O–H groups in total. The molecule has 2 aromatic rings. The zero-order valence-corrected chi connectivity index (χ0v) is 12.4. The van der Waals surface area contributed by atoms with Crippen molar-refractivity contribution in [2.24, 2.45) is 0 Å². The first-order valence-electron chi connectivity index (χ1n) is 6.74. The fourth-order valence-electron chi connectivity index (χ4n) is 1.90. The third-order valence-corrected chi connectivity index (χ3v) is 3.88. The Morgan fingerprint density at radius 1 is 1.32 bits per heavy atom. The highest BCUT2D eigenvalue weighted by Crippen LogP contribution is 2.15. The molecule has 0 saturated carbocycles. The topological polar surface area (TPSA) is 29.9 Å². The van der Waals surface area contributed by atoms with Crippen LogP contribution in [0.1, 0.15) is 20.3 Å². The number of imidazole rings is 1. The quantitative estimate of drug-likeness (QED) is 0.779. The van der Waals surface area contributed by atoms with Crippen molar-refractivity contribution in [1.29, 1.82) is 0 Å². The van der Waals surface area contributed by atoms with Gasteiger partial charge in [0, 0.05) is 24.1 Å².